The first-order valence-corrected chi connectivity index (χ1v) is 8.09. The lowest BCUT2D eigenvalue weighted by molar-refractivity contribution is 0.0633. The molecule has 2 aromatic rings. The number of nitrogens with zero attached hydrogens (tertiary/aromatic N) is 3. The fourth-order valence-electron chi connectivity index (χ4n) is 2.33. The van der Waals surface area contributed by atoms with Gasteiger partial charge < -0.3 is 9.47 Å². The Balaban J connectivity index is 2.52. The molecular formula is C16H23N3O2S. The Hall–Kier alpha value is -1.69. The summed E-state index contributed by atoms with van der Waals surface area (Å²) in [6.07, 6.45) is 1.50. The summed E-state index contributed by atoms with van der Waals surface area (Å²) in [4.78, 5) is 32.3. The highest BCUT2D eigenvalue weighted by atomic mass is 32.1. The van der Waals surface area contributed by atoms with E-state index in [1.807, 2.05) is 20.9 Å². The van der Waals surface area contributed by atoms with Gasteiger partial charge in [-0.2, -0.15) is 0 Å². The molecule has 0 saturated carbocycles. The highest BCUT2D eigenvalue weighted by Crippen LogP contribution is 2.30. The van der Waals surface area contributed by atoms with E-state index in [1.54, 1.807) is 11.9 Å². The van der Waals surface area contributed by atoms with Gasteiger partial charge in [0, 0.05) is 20.1 Å². The Labute approximate surface area is 134 Å². The van der Waals surface area contributed by atoms with Crippen molar-refractivity contribution >= 4 is 27.5 Å². The number of amides is 1. The third-order valence-electron chi connectivity index (χ3n) is 4.36. The van der Waals surface area contributed by atoms with Crippen molar-refractivity contribution < 1.29 is 4.79 Å². The molecule has 0 fully saturated rings. The zero-order valence-electron chi connectivity index (χ0n) is 14.2. The van der Waals surface area contributed by atoms with Gasteiger partial charge in [-0.15, -0.1) is 11.3 Å². The topological polar surface area (TPSA) is 55.2 Å². The molecule has 5 nitrogen and oxygen atoms in total. The van der Waals surface area contributed by atoms with Crippen LogP contribution in [-0.2, 0) is 7.05 Å². The van der Waals surface area contributed by atoms with Crippen LogP contribution < -0.4 is 5.56 Å². The van der Waals surface area contributed by atoms with Crippen molar-refractivity contribution in [1.29, 1.82) is 0 Å². The fourth-order valence-corrected chi connectivity index (χ4v) is 3.45. The van der Waals surface area contributed by atoms with Crippen molar-refractivity contribution in [3.05, 3.63) is 27.1 Å². The first-order chi connectivity index (χ1) is 10.1. The predicted octanol–water partition coefficient (Wildman–Crippen LogP) is 2.81. The number of fused-ring (bicyclic) bond motifs is 1. The van der Waals surface area contributed by atoms with E-state index in [2.05, 4.69) is 25.8 Å². The molecule has 1 atom stereocenters. The Morgan fingerprint density at radius 2 is 2.00 bits per heavy atom. The van der Waals surface area contributed by atoms with Crippen LogP contribution in [-0.4, -0.2) is 33.4 Å². The normalized spacial score (nSPS) is 13.4. The summed E-state index contributed by atoms with van der Waals surface area (Å²) >= 11 is 1.30. The predicted molar refractivity (Wildman–Crippen MR) is 90.6 cm³/mol. The molecule has 120 valence electrons. The molecule has 2 aromatic heterocycles. The summed E-state index contributed by atoms with van der Waals surface area (Å²) in [6, 6.07) is 0.0837. The number of hydrogen-bond donors (Lipinski definition) is 0. The van der Waals surface area contributed by atoms with E-state index in [9.17, 15) is 9.59 Å². The Morgan fingerprint density at radius 3 is 2.55 bits per heavy atom. The van der Waals surface area contributed by atoms with Crippen LogP contribution in [0.4, 0.5) is 0 Å². The third-order valence-corrected chi connectivity index (χ3v) is 5.55. The molecule has 0 saturated heterocycles. The largest absolute Gasteiger partial charge is 0.338 e. The lowest BCUT2D eigenvalue weighted by atomic mass is 9.87. The van der Waals surface area contributed by atoms with Crippen molar-refractivity contribution in [2.45, 2.75) is 40.7 Å². The Kier molecular flexibility index (Phi) is 4.17. The van der Waals surface area contributed by atoms with Crippen molar-refractivity contribution in [1.82, 2.24) is 14.5 Å². The van der Waals surface area contributed by atoms with E-state index >= 15 is 0 Å². The molecule has 0 bridgehead atoms. The molecule has 0 aliphatic heterocycles. The van der Waals surface area contributed by atoms with Crippen molar-refractivity contribution in [2.24, 2.45) is 12.5 Å². The molecule has 0 aliphatic rings. The second-order valence-corrected chi connectivity index (χ2v) is 7.85. The number of carbonyl (C=O) groups excluding carboxylic acids is 1. The first kappa shape index (κ1) is 16.7. The minimum Gasteiger partial charge on any atom is -0.338 e. The molecule has 0 spiro atoms. The highest BCUT2D eigenvalue weighted by Gasteiger charge is 2.30. The fraction of sp³-hybridized carbons (Fsp3) is 0.562. The second-order valence-electron chi connectivity index (χ2n) is 6.86. The summed E-state index contributed by atoms with van der Waals surface area (Å²) in [5.74, 6) is -0.0509. The number of aryl methyl sites for hydroxylation is 2. The van der Waals surface area contributed by atoms with Crippen LogP contribution in [0.5, 0.6) is 0 Å². The van der Waals surface area contributed by atoms with Gasteiger partial charge in [-0.05, 0) is 24.8 Å². The number of hydrogen-bond acceptors (Lipinski definition) is 4. The van der Waals surface area contributed by atoms with Gasteiger partial charge in [-0.25, -0.2) is 4.98 Å². The summed E-state index contributed by atoms with van der Waals surface area (Å²) in [5.41, 5.74) is 0.611. The smallest absolute Gasteiger partial charge is 0.264 e. The lowest BCUT2D eigenvalue weighted by Gasteiger charge is -2.35. The van der Waals surface area contributed by atoms with Crippen molar-refractivity contribution in [3.8, 4) is 0 Å². The zero-order chi connectivity index (χ0) is 16.8. The SMILES string of the molecule is Cc1c(C(=O)N(C)C(C)C(C)(C)C)sc2ncn(C)c(=O)c12. The van der Waals surface area contributed by atoms with Gasteiger partial charge in [0.05, 0.1) is 16.6 Å². The van der Waals surface area contributed by atoms with Crippen molar-refractivity contribution in [2.75, 3.05) is 7.05 Å². The van der Waals surface area contributed by atoms with Gasteiger partial charge in [0.25, 0.3) is 11.5 Å². The van der Waals surface area contributed by atoms with E-state index in [4.69, 9.17) is 0 Å². The lowest BCUT2D eigenvalue weighted by Crippen LogP contribution is -2.42. The van der Waals surface area contributed by atoms with Crippen LogP contribution in [0.1, 0.15) is 42.9 Å². The van der Waals surface area contributed by atoms with Crippen molar-refractivity contribution in [3.63, 3.8) is 0 Å². The maximum Gasteiger partial charge on any atom is 0.264 e. The number of carbonyl (C=O) groups is 1. The Morgan fingerprint density at radius 1 is 1.41 bits per heavy atom. The number of aromatic nitrogens is 2. The third kappa shape index (κ3) is 2.67. The van der Waals surface area contributed by atoms with Gasteiger partial charge in [0.2, 0.25) is 0 Å². The van der Waals surface area contributed by atoms with Crippen LogP contribution in [0.3, 0.4) is 0 Å². The molecular weight excluding hydrogens is 298 g/mol. The minimum absolute atomic E-state index is 0.0105. The number of thiophene rings is 1. The van der Waals surface area contributed by atoms with Gasteiger partial charge in [0.15, 0.2) is 0 Å². The summed E-state index contributed by atoms with van der Waals surface area (Å²) in [7, 11) is 3.48. The van der Waals surface area contributed by atoms with Gasteiger partial charge in [0.1, 0.15) is 4.83 Å². The first-order valence-electron chi connectivity index (χ1n) is 7.27. The zero-order valence-corrected chi connectivity index (χ0v) is 15.0. The second kappa shape index (κ2) is 5.50. The van der Waals surface area contributed by atoms with Gasteiger partial charge >= 0.3 is 0 Å². The summed E-state index contributed by atoms with van der Waals surface area (Å²) < 4.78 is 1.44. The number of rotatable bonds is 2. The quantitative estimate of drug-likeness (QED) is 0.854. The van der Waals surface area contributed by atoms with Gasteiger partial charge in [-0.3, -0.25) is 9.59 Å². The molecule has 1 unspecified atom stereocenters. The maximum atomic E-state index is 12.8. The molecule has 22 heavy (non-hydrogen) atoms. The average Bonchev–Trinajstić information content (AvgIpc) is 2.77. The summed E-state index contributed by atoms with van der Waals surface area (Å²) in [6.45, 7) is 10.2. The standard InChI is InChI=1S/C16H23N3O2S/c1-9-11-13(17-8-18(6)14(11)20)22-12(9)15(21)19(7)10(2)16(3,4)5/h8,10H,1-7H3. The molecule has 2 heterocycles. The summed E-state index contributed by atoms with van der Waals surface area (Å²) in [5, 5.41) is 0.551. The minimum atomic E-state index is -0.107. The molecule has 0 radical (unpaired) electrons. The van der Waals surface area contributed by atoms with Crippen LogP contribution in [0.15, 0.2) is 11.1 Å². The average molecular weight is 321 g/mol. The van der Waals surface area contributed by atoms with E-state index in [0.29, 0.717) is 15.1 Å². The molecule has 0 aromatic carbocycles. The Bertz CT molecular complexity index is 783. The highest BCUT2D eigenvalue weighted by molar-refractivity contribution is 7.20. The maximum absolute atomic E-state index is 12.8. The molecule has 0 N–H and O–H groups in total. The van der Waals surface area contributed by atoms with Crippen LogP contribution in [0.2, 0.25) is 0 Å². The van der Waals surface area contributed by atoms with Crippen LogP contribution in [0, 0.1) is 12.3 Å². The van der Waals surface area contributed by atoms with E-state index in [1.165, 1.54) is 22.2 Å². The van der Waals surface area contributed by atoms with E-state index in [0.717, 1.165) is 5.56 Å². The molecule has 2 rings (SSSR count). The van der Waals surface area contributed by atoms with E-state index in [-0.39, 0.29) is 22.9 Å². The van der Waals surface area contributed by atoms with Gasteiger partial charge in [-0.1, -0.05) is 20.8 Å². The molecule has 0 aliphatic carbocycles. The van der Waals surface area contributed by atoms with E-state index < -0.39 is 0 Å². The molecule has 6 heteroatoms. The van der Waals surface area contributed by atoms with Crippen LogP contribution in [0.25, 0.3) is 10.2 Å². The monoisotopic (exact) mass is 321 g/mol. The molecule has 1 amide bonds. The van der Waals surface area contributed by atoms with Crippen LogP contribution >= 0.6 is 11.3 Å².